The summed E-state index contributed by atoms with van der Waals surface area (Å²) < 4.78 is 0. The fourth-order valence-corrected chi connectivity index (χ4v) is 5.22. The Morgan fingerprint density at radius 2 is 1.95 bits per heavy atom. The third kappa shape index (κ3) is 3.52. The molecule has 0 spiro atoms. The van der Waals surface area contributed by atoms with Gasteiger partial charge in [0.05, 0.1) is 0 Å². The van der Waals surface area contributed by atoms with Crippen LogP contribution in [0.3, 0.4) is 0 Å². The summed E-state index contributed by atoms with van der Waals surface area (Å²) in [6.07, 6.45) is 8.23. The first-order valence-corrected chi connectivity index (χ1v) is 9.54. The fourth-order valence-electron chi connectivity index (χ4n) is 4.16. The van der Waals surface area contributed by atoms with Crippen molar-refractivity contribution in [3.8, 4) is 0 Å². The highest BCUT2D eigenvalue weighted by molar-refractivity contribution is 7.12. The Morgan fingerprint density at radius 3 is 2.52 bits per heavy atom. The molecule has 0 radical (unpaired) electrons. The largest absolute Gasteiger partial charge is 0.314 e. The van der Waals surface area contributed by atoms with Gasteiger partial charge in [-0.1, -0.05) is 13.3 Å². The van der Waals surface area contributed by atoms with Gasteiger partial charge in [0.25, 0.3) is 0 Å². The van der Waals surface area contributed by atoms with Crippen molar-refractivity contribution in [3.05, 3.63) is 21.4 Å². The molecular weight excluding hydrogens is 276 g/mol. The fraction of sp³-hybridized carbons (Fsp3) is 0.778. The minimum atomic E-state index is 0.767. The monoisotopic (exact) mass is 306 g/mol. The van der Waals surface area contributed by atoms with E-state index < -0.39 is 0 Å². The molecule has 2 saturated heterocycles. The molecule has 0 aromatic carbocycles. The highest BCUT2D eigenvalue weighted by Crippen LogP contribution is 2.36. The molecule has 21 heavy (non-hydrogen) atoms. The average Bonchev–Trinajstić information content (AvgIpc) is 2.75. The number of rotatable bonds is 5. The third-order valence-electron chi connectivity index (χ3n) is 5.36. The molecule has 2 atom stereocenters. The van der Waals surface area contributed by atoms with Crippen LogP contribution in [0.1, 0.15) is 60.8 Å². The van der Waals surface area contributed by atoms with E-state index in [0.29, 0.717) is 0 Å². The van der Waals surface area contributed by atoms with Gasteiger partial charge >= 0.3 is 0 Å². The van der Waals surface area contributed by atoms with E-state index in [1.165, 1.54) is 62.1 Å². The molecule has 2 aliphatic heterocycles. The van der Waals surface area contributed by atoms with Crippen LogP contribution in [0.25, 0.3) is 0 Å². The molecule has 2 fully saturated rings. The Labute approximate surface area is 133 Å². The maximum Gasteiger partial charge on any atom is 0.0334 e. The van der Waals surface area contributed by atoms with Gasteiger partial charge < -0.3 is 5.32 Å². The van der Waals surface area contributed by atoms with Crippen LogP contribution in [0.4, 0.5) is 0 Å². The molecule has 2 aliphatic rings. The Morgan fingerprint density at radius 1 is 1.24 bits per heavy atom. The molecule has 2 unspecified atom stereocenters. The number of thiophene rings is 1. The van der Waals surface area contributed by atoms with E-state index in [1.54, 1.807) is 4.88 Å². The minimum absolute atomic E-state index is 0.767. The van der Waals surface area contributed by atoms with E-state index in [0.717, 1.165) is 18.1 Å². The van der Waals surface area contributed by atoms with E-state index in [1.807, 2.05) is 11.3 Å². The van der Waals surface area contributed by atoms with Crippen LogP contribution < -0.4 is 5.32 Å². The molecule has 1 N–H and O–H groups in total. The average molecular weight is 307 g/mol. The molecule has 3 heteroatoms. The van der Waals surface area contributed by atoms with Crippen LogP contribution in [0.5, 0.6) is 0 Å². The lowest BCUT2D eigenvalue weighted by Gasteiger charge is -2.49. The maximum absolute atomic E-state index is 3.77. The molecule has 2 nitrogen and oxygen atoms in total. The summed E-state index contributed by atoms with van der Waals surface area (Å²) in [5.74, 6) is 0. The van der Waals surface area contributed by atoms with Gasteiger partial charge in [0.15, 0.2) is 0 Å². The van der Waals surface area contributed by atoms with Crippen LogP contribution in [0, 0.1) is 13.8 Å². The number of hydrogen-bond acceptors (Lipinski definition) is 3. The molecule has 1 aromatic heterocycles. The van der Waals surface area contributed by atoms with Crippen LogP contribution in [-0.2, 0) is 6.54 Å². The van der Waals surface area contributed by atoms with E-state index in [9.17, 15) is 0 Å². The second-order valence-corrected chi connectivity index (χ2v) is 8.33. The summed E-state index contributed by atoms with van der Waals surface area (Å²) in [5.41, 5.74) is 1.47. The number of aryl methyl sites for hydroxylation is 2. The Kier molecular flexibility index (Phi) is 5.03. The molecular formula is C18H30N2S. The predicted octanol–water partition coefficient (Wildman–Crippen LogP) is 4.25. The Bertz CT molecular complexity index is 434. The molecule has 3 rings (SSSR count). The lowest BCUT2D eigenvalue weighted by Crippen LogP contribution is -2.55. The highest BCUT2D eigenvalue weighted by Gasteiger charge is 2.37. The van der Waals surface area contributed by atoms with Gasteiger partial charge in [0, 0.05) is 34.4 Å². The summed E-state index contributed by atoms with van der Waals surface area (Å²) in [7, 11) is 0. The first kappa shape index (κ1) is 15.5. The maximum atomic E-state index is 3.77. The van der Waals surface area contributed by atoms with Crippen molar-refractivity contribution in [2.24, 2.45) is 0 Å². The van der Waals surface area contributed by atoms with Gasteiger partial charge in [-0.15, -0.1) is 11.3 Å². The summed E-state index contributed by atoms with van der Waals surface area (Å²) >= 11 is 2.00. The first-order valence-electron chi connectivity index (χ1n) is 8.72. The van der Waals surface area contributed by atoms with Gasteiger partial charge in [0.2, 0.25) is 0 Å². The zero-order chi connectivity index (χ0) is 14.8. The molecule has 2 bridgehead atoms. The quantitative estimate of drug-likeness (QED) is 0.875. The van der Waals surface area contributed by atoms with E-state index in [4.69, 9.17) is 0 Å². The normalized spacial score (nSPS) is 29.8. The second-order valence-electron chi connectivity index (χ2n) is 6.99. The van der Waals surface area contributed by atoms with Crippen molar-refractivity contribution in [1.82, 2.24) is 10.2 Å². The third-order valence-corrected chi connectivity index (χ3v) is 6.50. The number of fused-ring (bicyclic) bond motifs is 2. The van der Waals surface area contributed by atoms with Crippen LogP contribution in [-0.4, -0.2) is 29.6 Å². The van der Waals surface area contributed by atoms with Gasteiger partial charge in [-0.2, -0.15) is 0 Å². The molecule has 1 aromatic rings. The summed E-state index contributed by atoms with van der Waals surface area (Å²) in [6, 6.07) is 4.81. The number of piperidine rings is 2. The Hall–Kier alpha value is -0.380. The number of nitrogens with zero attached hydrogens (tertiary/aromatic N) is 1. The van der Waals surface area contributed by atoms with Crippen LogP contribution >= 0.6 is 11.3 Å². The van der Waals surface area contributed by atoms with E-state index >= 15 is 0 Å². The summed E-state index contributed by atoms with van der Waals surface area (Å²) in [6.45, 7) is 9.15. The van der Waals surface area contributed by atoms with Crippen LogP contribution in [0.15, 0.2) is 6.07 Å². The van der Waals surface area contributed by atoms with Crippen molar-refractivity contribution in [3.63, 3.8) is 0 Å². The molecule has 3 heterocycles. The second kappa shape index (κ2) is 6.80. The van der Waals surface area contributed by atoms with Gasteiger partial charge in [-0.3, -0.25) is 4.90 Å². The Balaban J connectivity index is 1.66. The molecule has 0 saturated carbocycles. The van der Waals surface area contributed by atoms with Crippen LogP contribution in [0.2, 0.25) is 0 Å². The minimum Gasteiger partial charge on any atom is -0.314 e. The smallest absolute Gasteiger partial charge is 0.0334 e. The SMILES string of the molecule is CCCNC1CC2CCCC(C1)N2Cc1cc(C)c(C)s1. The zero-order valence-corrected chi connectivity index (χ0v) is 14.6. The van der Waals surface area contributed by atoms with Gasteiger partial charge in [0.1, 0.15) is 0 Å². The topological polar surface area (TPSA) is 15.3 Å². The lowest BCUT2D eigenvalue weighted by atomic mass is 9.81. The first-order chi connectivity index (χ1) is 10.2. The summed E-state index contributed by atoms with van der Waals surface area (Å²) in [4.78, 5) is 5.90. The van der Waals surface area contributed by atoms with Crippen molar-refractivity contribution >= 4 is 11.3 Å². The summed E-state index contributed by atoms with van der Waals surface area (Å²) in [5, 5.41) is 3.77. The number of nitrogens with one attached hydrogen (secondary N) is 1. The molecule has 0 aliphatic carbocycles. The van der Waals surface area contributed by atoms with Gasteiger partial charge in [-0.25, -0.2) is 0 Å². The van der Waals surface area contributed by atoms with Gasteiger partial charge in [-0.05, 0) is 64.1 Å². The predicted molar refractivity (Wildman–Crippen MR) is 92.1 cm³/mol. The lowest BCUT2D eigenvalue weighted by molar-refractivity contribution is 0.0185. The molecule has 0 amide bonds. The standard InChI is InChI=1S/C18H30N2S/c1-4-8-19-15-10-16-6-5-7-17(11-15)20(16)12-18-9-13(2)14(3)21-18/h9,15-17,19H,4-8,10-12H2,1-3H3. The van der Waals surface area contributed by atoms with Crippen molar-refractivity contribution < 1.29 is 0 Å². The van der Waals surface area contributed by atoms with Crippen molar-refractivity contribution in [2.45, 2.75) is 84.0 Å². The highest BCUT2D eigenvalue weighted by atomic mass is 32.1. The van der Waals surface area contributed by atoms with Crippen molar-refractivity contribution in [2.75, 3.05) is 6.54 Å². The molecule has 118 valence electrons. The van der Waals surface area contributed by atoms with E-state index in [2.05, 4.69) is 37.1 Å². The van der Waals surface area contributed by atoms with Crippen molar-refractivity contribution in [1.29, 1.82) is 0 Å². The zero-order valence-electron chi connectivity index (χ0n) is 13.8. The van der Waals surface area contributed by atoms with E-state index in [-0.39, 0.29) is 0 Å². The number of hydrogen-bond donors (Lipinski definition) is 1.